The van der Waals surface area contributed by atoms with Gasteiger partial charge in [0.15, 0.2) is 0 Å². The van der Waals surface area contributed by atoms with Gasteiger partial charge in [0.25, 0.3) is 5.91 Å². The number of pyridine rings is 1. The maximum Gasteiger partial charge on any atom is 0.274 e. The van der Waals surface area contributed by atoms with E-state index in [2.05, 4.69) is 26.6 Å². The van der Waals surface area contributed by atoms with E-state index in [9.17, 15) is 9.59 Å². The number of carbonyl (C=O) groups excluding carboxylic acids is 2. The third kappa shape index (κ3) is 6.17. The molecule has 0 radical (unpaired) electrons. The first kappa shape index (κ1) is 22.9. The molecule has 6 nitrogen and oxygen atoms in total. The summed E-state index contributed by atoms with van der Waals surface area (Å²) in [4.78, 5) is 32.0. The molecule has 1 fully saturated rings. The topological polar surface area (TPSA) is 74.3 Å². The van der Waals surface area contributed by atoms with Crippen LogP contribution in [0.25, 0.3) is 10.9 Å². The first-order valence-electron chi connectivity index (χ1n) is 11.6. The zero-order chi connectivity index (χ0) is 23.4. The number of carbonyl (C=O) groups is 2. The summed E-state index contributed by atoms with van der Waals surface area (Å²) in [6.07, 6.45) is 1.73. The first-order valence-corrected chi connectivity index (χ1v) is 11.6. The Balaban J connectivity index is 1.33. The fraction of sp³-hybridized carbons (Fsp3) is 0.370. The highest BCUT2D eigenvalue weighted by molar-refractivity contribution is 6.04. The van der Waals surface area contributed by atoms with Gasteiger partial charge in [-0.2, -0.15) is 0 Å². The maximum atomic E-state index is 12.7. The number of piperidine rings is 1. The standard InChI is InChI=1S/C27H32N4O2/c1-27(2,3)30-25(32)21-13-15-31(16-14-21)18-19-7-6-9-22(17-19)28-26(33)24-12-11-20-8-4-5-10-23(20)29-24/h4-12,17,21H,13-16,18H2,1-3H3,(H,28,33)(H,30,32). The first-order chi connectivity index (χ1) is 15.8. The molecule has 2 amide bonds. The number of para-hydroxylation sites is 1. The van der Waals surface area contributed by atoms with Crippen LogP contribution in [0.3, 0.4) is 0 Å². The summed E-state index contributed by atoms with van der Waals surface area (Å²) in [5.74, 6) is 0.0262. The van der Waals surface area contributed by atoms with E-state index in [-0.39, 0.29) is 23.3 Å². The van der Waals surface area contributed by atoms with Crippen molar-refractivity contribution in [3.63, 3.8) is 0 Å². The van der Waals surface area contributed by atoms with E-state index in [1.807, 2.05) is 69.3 Å². The second-order valence-corrected chi connectivity index (χ2v) is 9.83. The average Bonchev–Trinajstić information content (AvgIpc) is 2.78. The lowest BCUT2D eigenvalue weighted by molar-refractivity contribution is -0.127. The van der Waals surface area contributed by atoms with Gasteiger partial charge in [-0.05, 0) is 76.5 Å². The van der Waals surface area contributed by atoms with Crippen LogP contribution >= 0.6 is 0 Å². The van der Waals surface area contributed by atoms with Crippen LogP contribution in [0.4, 0.5) is 5.69 Å². The lowest BCUT2D eigenvalue weighted by Gasteiger charge is -2.33. The lowest BCUT2D eigenvalue weighted by Crippen LogP contribution is -2.46. The van der Waals surface area contributed by atoms with Crippen molar-refractivity contribution in [2.24, 2.45) is 5.92 Å². The molecule has 0 aliphatic carbocycles. The highest BCUT2D eigenvalue weighted by Gasteiger charge is 2.27. The molecule has 1 aromatic heterocycles. The molecule has 0 bridgehead atoms. The minimum atomic E-state index is -0.219. The largest absolute Gasteiger partial charge is 0.351 e. The smallest absolute Gasteiger partial charge is 0.274 e. The number of amides is 2. The number of rotatable bonds is 5. The van der Waals surface area contributed by atoms with Crippen molar-refractivity contribution in [1.29, 1.82) is 0 Å². The second kappa shape index (κ2) is 9.71. The molecule has 2 aromatic carbocycles. The van der Waals surface area contributed by atoms with E-state index in [1.54, 1.807) is 6.07 Å². The summed E-state index contributed by atoms with van der Waals surface area (Å²) in [5, 5.41) is 7.08. The number of hydrogen-bond donors (Lipinski definition) is 2. The third-order valence-electron chi connectivity index (χ3n) is 5.88. The Morgan fingerprint density at radius 1 is 1.00 bits per heavy atom. The molecule has 1 saturated heterocycles. The zero-order valence-electron chi connectivity index (χ0n) is 19.6. The summed E-state index contributed by atoms with van der Waals surface area (Å²) in [6.45, 7) is 8.62. The SMILES string of the molecule is CC(C)(C)NC(=O)C1CCN(Cc2cccc(NC(=O)c3ccc4ccccc4n3)c2)CC1. The minimum absolute atomic E-state index is 0.0838. The summed E-state index contributed by atoms with van der Waals surface area (Å²) in [5.41, 5.74) is 2.90. The second-order valence-electron chi connectivity index (χ2n) is 9.83. The Morgan fingerprint density at radius 2 is 1.76 bits per heavy atom. The van der Waals surface area contributed by atoms with E-state index in [4.69, 9.17) is 0 Å². The van der Waals surface area contributed by atoms with Crippen LogP contribution in [-0.4, -0.2) is 40.3 Å². The summed E-state index contributed by atoms with van der Waals surface area (Å²) in [7, 11) is 0. The Hall–Kier alpha value is -3.25. The van der Waals surface area contributed by atoms with Crippen LogP contribution < -0.4 is 10.6 Å². The normalized spacial score (nSPS) is 15.4. The minimum Gasteiger partial charge on any atom is -0.351 e. The monoisotopic (exact) mass is 444 g/mol. The summed E-state index contributed by atoms with van der Waals surface area (Å²) < 4.78 is 0. The van der Waals surface area contributed by atoms with Crippen molar-refractivity contribution in [2.75, 3.05) is 18.4 Å². The number of benzene rings is 2. The predicted molar refractivity (Wildman–Crippen MR) is 132 cm³/mol. The van der Waals surface area contributed by atoms with Crippen LogP contribution in [0.5, 0.6) is 0 Å². The van der Waals surface area contributed by atoms with Crippen molar-refractivity contribution < 1.29 is 9.59 Å². The number of fused-ring (bicyclic) bond motifs is 1. The number of likely N-dealkylation sites (tertiary alicyclic amines) is 1. The van der Waals surface area contributed by atoms with E-state index in [0.29, 0.717) is 5.69 Å². The number of anilines is 1. The molecule has 0 atom stereocenters. The number of hydrogen-bond acceptors (Lipinski definition) is 4. The zero-order valence-corrected chi connectivity index (χ0v) is 19.6. The van der Waals surface area contributed by atoms with Gasteiger partial charge < -0.3 is 10.6 Å². The predicted octanol–water partition coefficient (Wildman–Crippen LogP) is 4.61. The molecule has 2 heterocycles. The molecule has 3 aromatic rings. The van der Waals surface area contributed by atoms with Crippen molar-refractivity contribution in [1.82, 2.24) is 15.2 Å². The van der Waals surface area contributed by atoms with Gasteiger partial charge in [-0.3, -0.25) is 14.5 Å². The van der Waals surface area contributed by atoms with Crippen molar-refractivity contribution in [3.05, 3.63) is 71.9 Å². The van der Waals surface area contributed by atoms with E-state index < -0.39 is 0 Å². The van der Waals surface area contributed by atoms with Gasteiger partial charge in [-0.15, -0.1) is 0 Å². The Bertz CT molecular complexity index is 1140. The summed E-state index contributed by atoms with van der Waals surface area (Å²) >= 11 is 0. The Labute approximate surface area is 195 Å². The summed E-state index contributed by atoms with van der Waals surface area (Å²) in [6, 6.07) is 19.4. The molecular formula is C27H32N4O2. The van der Waals surface area contributed by atoms with Gasteiger partial charge in [-0.1, -0.05) is 36.4 Å². The van der Waals surface area contributed by atoms with Crippen molar-refractivity contribution >= 4 is 28.4 Å². The van der Waals surface area contributed by atoms with Crippen molar-refractivity contribution in [3.8, 4) is 0 Å². The Kier molecular flexibility index (Phi) is 6.75. The van der Waals surface area contributed by atoms with E-state index in [0.717, 1.165) is 54.6 Å². The van der Waals surface area contributed by atoms with Gasteiger partial charge in [0.1, 0.15) is 5.69 Å². The van der Waals surface area contributed by atoms with Gasteiger partial charge in [0.05, 0.1) is 5.52 Å². The molecule has 33 heavy (non-hydrogen) atoms. The molecule has 4 rings (SSSR count). The maximum absolute atomic E-state index is 12.7. The van der Waals surface area contributed by atoms with E-state index >= 15 is 0 Å². The quantitative estimate of drug-likeness (QED) is 0.603. The molecule has 6 heteroatoms. The molecule has 1 aliphatic rings. The molecule has 1 aliphatic heterocycles. The fourth-order valence-electron chi connectivity index (χ4n) is 4.22. The molecule has 2 N–H and O–H groups in total. The van der Waals surface area contributed by atoms with E-state index in [1.165, 1.54) is 0 Å². The lowest BCUT2D eigenvalue weighted by atomic mass is 9.94. The third-order valence-corrected chi connectivity index (χ3v) is 5.88. The van der Waals surface area contributed by atoms with Gasteiger partial charge in [-0.25, -0.2) is 4.98 Å². The van der Waals surface area contributed by atoms with Crippen LogP contribution in [0.2, 0.25) is 0 Å². The van der Waals surface area contributed by atoms with Crippen LogP contribution in [0.15, 0.2) is 60.7 Å². The highest BCUT2D eigenvalue weighted by Crippen LogP contribution is 2.21. The van der Waals surface area contributed by atoms with Crippen LogP contribution in [-0.2, 0) is 11.3 Å². The van der Waals surface area contributed by atoms with Gasteiger partial charge in [0.2, 0.25) is 5.91 Å². The fourth-order valence-corrected chi connectivity index (χ4v) is 4.22. The molecule has 0 unspecified atom stereocenters. The number of nitrogens with zero attached hydrogens (tertiary/aromatic N) is 2. The van der Waals surface area contributed by atoms with Crippen LogP contribution in [0, 0.1) is 5.92 Å². The average molecular weight is 445 g/mol. The molecule has 0 saturated carbocycles. The van der Waals surface area contributed by atoms with Crippen LogP contribution in [0.1, 0.15) is 49.7 Å². The number of nitrogens with one attached hydrogen (secondary N) is 2. The van der Waals surface area contributed by atoms with Crippen molar-refractivity contribution in [2.45, 2.75) is 45.7 Å². The molecular weight excluding hydrogens is 412 g/mol. The highest BCUT2D eigenvalue weighted by atomic mass is 16.2. The van der Waals surface area contributed by atoms with Gasteiger partial charge in [0, 0.05) is 29.1 Å². The number of aromatic nitrogens is 1. The van der Waals surface area contributed by atoms with Gasteiger partial charge >= 0.3 is 0 Å². The molecule has 0 spiro atoms. The molecule has 172 valence electrons. The Morgan fingerprint density at radius 3 is 2.52 bits per heavy atom.